The molecule has 100 valence electrons. The smallest absolute Gasteiger partial charge is 0.0505 e. The third-order valence-corrected chi connectivity index (χ3v) is 4.63. The highest BCUT2D eigenvalue weighted by atomic mass is 16.3. The van der Waals surface area contributed by atoms with E-state index in [0.29, 0.717) is 5.92 Å². The zero-order chi connectivity index (χ0) is 13.3. The molecule has 2 heteroatoms. The van der Waals surface area contributed by atoms with Crippen molar-refractivity contribution in [2.45, 2.75) is 52.0 Å². The van der Waals surface area contributed by atoms with Crippen molar-refractivity contribution in [3.8, 4) is 0 Å². The molecule has 1 unspecified atom stereocenters. The Balaban J connectivity index is 2.34. The summed E-state index contributed by atoms with van der Waals surface area (Å²) in [6.07, 6.45) is 3.29. The number of rotatable bonds is 4. The van der Waals surface area contributed by atoms with Crippen molar-refractivity contribution < 1.29 is 5.11 Å². The highest BCUT2D eigenvalue weighted by Gasteiger charge is 2.42. The third-order valence-electron chi connectivity index (χ3n) is 4.63. The molecule has 3 N–H and O–H groups in total. The third kappa shape index (κ3) is 2.19. The Bertz CT molecular complexity index is 416. The van der Waals surface area contributed by atoms with E-state index in [1.54, 1.807) is 0 Å². The average molecular weight is 247 g/mol. The van der Waals surface area contributed by atoms with Crippen molar-refractivity contribution in [1.82, 2.24) is 0 Å². The van der Waals surface area contributed by atoms with E-state index in [0.717, 1.165) is 12.8 Å². The Kier molecular flexibility index (Phi) is 3.79. The summed E-state index contributed by atoms with van der Waals surface area (Å²) in [6, 6.07) is 6.55. The molecule has 2 nitrogen and oxygen atoms in total. The lowest BCUT2D eigenvalue weighted by Crippen LogP contribution is -2.43. The molecule has 18 heavy (non-hydrogen) atoms. The van der Waals surface area contributed by atoms with Gasteiger partial charge in [0.2, 0.25) is 0 Å². The first-order valence-electron chi connectivity index (χ1n) is 6.97. The van der Waals surface area contributed by atoms with Gasteiger partial charge in [0, 0.05) is 11.5 Å². The van der Waals surface area contributed by atoms with E-state index in [1.165, 1.54) is 23.1 Å². The predicted molar refractivity (Wildman–Crippen MR) is 75.6 cm³/mol. The second kappa shape index (κ2) is 5.02. The molecule has 0 radical (unpaired) electrons. The maximum absolute atomic E-state index is 9.66. The minimum Gasteiger partial charge on any atom is -0.396 e. The number of benzene rings is 1. The molecule has 1 aromatic rings. The fraction of sp³-hybridized carbons (Fsp3) is 0.625. The number of aryl methyl sites for hydroxylation is 1. The molecule has 1 aromatic carbocycles. The standard InChI is InChI=1S/C16H25NO/c1-11(2)13-6-5-12(3)14(9-13)15(17)16(10-18)7-4-8-16/h5-6,9,11,15,18H,4,7-8,10,17H2,1-3H3. The maximum atomic E-state index is 9.66. The molecule has 0 heterocycles. The van der Waals surface area contributed by atoms with Gasteiger partial charge in [-0.05, 0) is 42.4 Å². The van der Waals surface area contributed by atoms with Crippen LogP contribution in [-0.4, -0.2) is 11.7 Å². The predicted octanol–water partition coefficient (Wildman–Crippen LogP) is 3.28. The molecular formula is C16H25NO. The van der Waals surface area contributed by atoms with Gasteiger partial charge in [-0.1, -0.05) is 38.5 Å². The highest BCUT2D eigenvalue weighted by molar-refractivity contribution is 5.36. The van der Waals surface area contributed by atoms with Gasteiger partial charge in [0.15, 0.2) is 0 Å². The van der Waals surface area contributed by atoms with Gasteiger partial charge < -0.3 is 10.8 Å². The Labute approximate surface area is 110 Å². The molecule has 0 spiro atoms. The number of aliphatic hydroxyl groups excluding tert-OH is 1. The van der Waals surface area contributed by atoms with Gasteiger partial charge in [0.05, 0.1) is 6.61 Å². The summed E-state index contributed by atoms with van der Waals surface area (Å²) < 4.78 is 0. The second-order valence-electron chi connectivity index (χ2n) is 6.12. The highest BCUT2D eigenvalue weighted by Crippen LogP contribution is 2.49. The van der Waals surface area contributed by atoms with Crippen LogP contribution < -0.4 is 5.73 Å². The molecule has 0 bridgehead atoms. The van der Waals surface area contributed by atoms with Crippen LogP contribution in [0.25, 0.3) is 0 Å². The Morgan fingerprint density at radius 3 is 2.44 bits per heavy atom. The van der Waals surface area contributed by atoms with Crippen LogP contribution in [0.2, 0.25) is 0 Å². The normalized spacial score (nSPS) is 19.7. The number of nitrogens with two attached hydrogens (primary N) is 1. The van der Waals surface area contributed by atoms with Crippen molar-refractivity contribution in [3.05, 3.63) is 34.9 Å². The molecule has 0 saturated heterocycles. The van der Waals surface area contributed by atoms with Gasteiger partial charge in [-0.25, -0.2) is 0 Å². The molecule has 1 aliphatic rings. The number of hydrogen-bond donors (Lipinski definition) is 2. The average Bonchev–Trinajstić information content (AvgIpc) is 2.28. The Morgan fingerprint density at radius 1 is 1.33 bits per heavy atom. The first-order valence-corrected chi connectivity index (χ1v) is 6.97. The Hall–Kier alpha value is -0.860. The van der Waals surface area contributed by atoms with Crippen LogP contribution >= 0.6 is 0 Å². The lowest BCUT2D eigenvalue weighted by molar-refractivity contribution is 0.0182. The minimum atomic E-state index is -0.0691. The van der Waals surface area contributed by atoms with E-state index in [-0.39, 0.29) is 18.1 Å². The largest absolute Gasteiger partial charge is 0.396 e. The molecular weight excluding hydrogens is 222 g/mol. The van der Waals surface area contributed by atoms with Crippen molar-refractivity contribution in [2.75, 3.05) is 6.61 Å². The van der Waals surface area contributed by atoms with E-state index < -0.39 is 0 Å². The first kappa shape index (κ1) is 13.6. The summed E-state index contributed by atoms with van der Waals surface area (Å²) in [7, 11) is 0. The van der Waals surface area contributed by atoms with Crippen LogP contribution in [0.5, 0.6) is 0 Å². The van der Waals surface area contributed by atoms with Crippen molar-refractivity contribution >= 4 is 0 Å². The van der Waals surface area contributed by atoms with Gasteiger partial charge in [0.25, 0.3) is 0 Å². The first-order chi connectivity index (χ1) is 8.50. The molecule has 1 fully saturated rings. The van der Waals surface area contributed by atoms with Crippen LogP contribution in [0.3, 0.4) is 0 Å². The number of hydrogen-bond acceptors (Lipinski definition) is 2. The van der Waals surface area contributed by atoms with E-state index in [4.69, 9.17) is 5.73 Å². The zero-order valence-corrected chi connectivity index (χ0v) is 11.7. The summed E-state index contributed by atoms with van der Waals surface area (Å²) in [4.78, 5) is 0. The van der Waals surface area contributed by atoms with Crippen LogP contribution in [0.1, 0.15) is 61.8 Å². The van der Waals surface area contributed by atoms with Crippen molar-refractivity contribution in [1.29, 1.82) is 0 Å². The second-order valence-corrected chi connectivity index (χ2v) is 6.12. The minimum absolute atomic E-state index is 0.0325. The molecule has 0 aliphatic heterocycles. The van der Waals surface area contributed by atoms with Gasteiger partial charge >= 0.3 is 0 Å². The quantitative estimate of drug-likeness (QED) is 0.857. The van der Waals surface area contributed by atoms with E-state index in [9.17, 15) is 5.11 Å². The topological polar surface area (TPSA) is 46.2 Å². The summed E-state index contributed by atoms with van der Waals surface area (Å²) in [5, 5.41) is 9.66. The van der Waals surface area contributed by atoms with Gasteiger partial charge in [-0.3, -0.25) is 0 Å². The summed E-state index contributed by atoms with van der Waals surface area (Å²) in [5.41, 5.74) is 10.2. The van der Waals surface area contributed by atoms with E-state index >= 15 is 0 Å². The molecule has 0 aromatic heterocycles. The van der Waals surface area contributed by atoms with Gasteiger partial charge in [-0.15, -0.1) is 0 Å². The lowest BCUT2D eigenvalue weighted by Gasteiger charge is -2.45. The molecule has 1 aliphatic carbocycles. The molecule has 2 rings (SSSR count). The van der Waals surface area contributed by atoms with Crippen LogP contribution in [0.15, 0.2) is 18.2 Å². The monoisotopic (exact) mass is 247 g/mol. The van der Waals surface area contributed by atoms with Crippen LogP contribution in [-0.2, 0) is 0 Å². The molecule has 1 saturated carbocycles. The van der Waals surface area contributed by atoms with Crippen LogP contribution in [0.4, 0.5) is 0 Å². The van der Waals surface area contributed by atoms with E-state index in [2.05, 4.69) is 39.0 Å². The summed E-state index contributed by atoms with van der Waals surface area (Å²) in [5.74, 6) is 0.517. The fourth-order valence-corrected chi connectivity index (χ4v) is 2.88. The maximum Gasteiger partial charge on any atom is 0.0505 e. The zero-order valence-electron chi connectivity index (χ0n) is 11.7. The lowest BCUT2D eigenvalue weighted by atomic mass is 9.62. The van der Waals surface area contributed by atoms with Gasteiger partial charge in [0.1, 0.15) is 0 Å². The summed E-state index contributed by atoms with van der Waals surface area (Å²) in [6.45, 7) is 6.72. The van der Waals surface area contributed by atoms with Crippen molar-refractivity contribution in [3.63, 3.8) is 0 Å². The van der Waals surface area contributed by atoms with Crippen LogP contribution in [0, 0.1) is 12.3 Å². The fourth-order valence-electron chi connectivity index (χ4n) is 2.88. The Morgan fingerprint density at radius 2 is 2.00 bits per heavy atom. The molecule has 0 amide bonds. The number of aliphatic hydroxyl groups is 1. The van der Waals surface area contributed by atoms with E-state index in [1.807, 2.05) is 0 Å². The van der Waals surface area contributed by atoms with Gasteiger partial charge in [-0.2, -0.15) is 0 Å². The van der Waals surface area contributed by atoms with Crippen molar-refractivity contribution in [2.24, 2.45) is 11.1 Å². The SMILES string of the molecule is Cc1ccc(C(C)C)cc1C(N)C1(CO)CCC1. The summed E-state index contributed by atoms with van der Waals surface area (Å²) >= 11 is 0. The molecule has 1 atom stereocenters.